The SMILES string of the molecule is CCOC1CC(NC(=O)c2cccc3cc[nH]c23)C1. The lowest BCUT2D eigenvalue weighted by Gasteiger charge is -2.35. The molecule has 1 aliphatic carbocycles. The van der Waals surface area contributed by atoms with E-state index in [9.17, 15) is 4.79 Å². The van der Waals surface area contributed by atoms with Gasteiger partial charge in [0, 0.05) is 24.2 Å². The van der Waals surface area contributed by atoms with Crippen LogP contribution >= 0.6 is 0 Å². The molecule has 2 aromatic rings. The van der Waals surface area contributed by atoms with Crippen molar-refractivity contribution in [3.63, 3.8) is 0 Å². The van der Waals surface area contributed by atoms with Gasteiger partial charge in [0.05, 0.1) is 17.2 Å². The summed E-state index contributed by atoms with van der Waals surface area (Å²) in [4.78, 5) is 15.4. The minimum Gasteiger partial charge on any atom is -0.378 e. The van der Waals surface area contributed by atoms with Crippen molar-refractivity contribution in [2.75, 3.05) is 6.61 Å². The molecule has 1 aromatic carbocycles. The number of carbonyl (C=O) groups is 1. The van der Waals surface area contributed by atoms with E-state index >= 15 is 0 Å². The van der Waals surface area contributed by atoms with Crippen LogP contribution in [0.25, 0.3) is 10.9 Å². The molecule has 0 aliphatic heterocycles. The summed E-state index contributed by atoms with van der Waals surface area (Å²) in [6.07, 6.45) is 4.01. The average molecular weight is 258 g/mol. The fourth-order valence-electron chi connectivity index (χ4n) is 2.59. The smallest absolute Gasteiger partial charge is 0.253 e. The van der Waals surface area contributed by atoms with E-state index in [0.29, 0.717) is 11.7 Å². The standard InChI is InChI=1S/C15H18N2O2/c1-2-19-12-8-11(9-12)17-15(18)13-5-3-4-10-6-7-16-14(10)13/h3-7,11-12,16H,2,8-9H2,1H3,(H,17,18). The second-order valence-corrected chi connectivity index (χ2v) is 4.97. The Morgan fingerprint density at radius 2 is 2.26 bits per heavy atom. The van der Waals surface area contributed by atoms with Crippen molar-refractivity contribution in [2.45, 2.75) is 31.9 Å². The summed E-state index contributed by atoms with van der Waals surface area (Å²) >= 11 is 0. The Morgan fingerprint density at radius 3 is 3.05 bits per heavy atom. The molecule has 2 N–H and O–H groups in total. The molecular formula is C15H18N2O2. The summed E-state index contributed by atoms with van der Waals surface area (Å²) in [5.41, 5.74) is 1.61. The number of aromatic amines is 1. The zero-order valence-electron chi connectivity index (χ0n) is 11.0. The van der Waals surface area contributed by atoms with Crippen LogP contribution in [-0.2, 0) is 4.74 Å². The van der Waals surface area contributed by atoms with Crippen LogP contribution in [0.2, 0.25) is 0 Å². The van der Waals surface area contributed by atoms with E-state index in [1.165, 1.54) is 0 Å². The van der Waals surface area contributed by atoms with Gasteiger partial charge >= 0.3 is 0 Å². The number of rotatable bonds is 4. The molecule has 4 heteroatoms. The maximum Gasteiger partial charge on any atom is 0.253 e. The minimum atomic E-state index is -0.00648. The van der Waals surface area contributed by atoms with Gasteiger partial charge in [-0.25, -0.2) is 0 Å². The molecule has 1 aliphatic rings. The largest absolute Gasteiger partial charge is 0.378 e. The van der Waals surface area contributed by atoms with Crippen LogP contribution in [0.4, 0.5) is 0 Å². The molecule has 3 rings (SSSR count). The van der Waals surface area contributed by atoms with Crippen LogP contribution in [0.3, 0.4) is 0 Å². The predicted molar refractivity (Wildman–Crippen MR) is 74.2 cm³/mol. The predicted octanol–water partition coefficient (Wildman–Crippen LogP) is 2.47. The topological polar surface area (TPSA) is 54.1 Å². The molecule has 1 amide bonds. The zero-order chi connectivity index (χ0) is 13.2. The Balaban J connectivity index is 1.67. The van der Waals surface area contributed by atoms with Crippen molar-refractivity contribution in [3.05, 3.63) is 36.0 Å². The highest BCUT2D eigenvalue weighted by atomic mass is 16.5. The van der Waals surface area contributed by atoms with Gasteiger partial charge in [0.25, 0.3) is 5.91 Å². The van der Waals surface area contributed by atoms with Crippen LogP contribution in [0, 0.1) is 0 Å². The maximum absolute atomic E-state index is 12.3. The molecule has 0 radical (unpaired) electrons. The number of benzene rings is 1. The van der Waals surface area contributed by atoms with E-state index in [0.717, 1.165) is 30.4 Å². The zero-order valence-corrected chi connectivity index (χ0v) is 11.0. The number of ether oxygens (including phenoxy) is 1. The molecule has 100 valence electrons. The Kier molecular flexibility index (Phi) is 3.25. The van der Waals surface area contributed by atoms with E-state index in [-0.39, 0.29) is 11.9 Å². The molecule has 0 saturated heterocycles. The van der Waals surface area contributed by atoms with Crippen molar-refractivity contribution in [3.8, 4) is 0 Å². The van der Waals surface area contributed by atoms with Gasteiger partial charge in [-0.3, -0.25) is 4.79 Å². The number of fused-ring (bicyclic) bond motifs is 1. The Labute approximate surface area is 112 Å². The quantitative estimate of drug-likeness (QED) is 0.885. The van der Waals surface area contributed by atoms with E-state index in [4.69, 9.17) is 4.74 Å². The summed E-state index contributed by atoms with van der Waals surface area (Å²) in [6, 6.07) is 7.98. The second kappa shape index (κ2) is 5.05. The maximum atomic E-state index is 12.3. The van der Waals surface area contributed by atoms with Crippen LogP contribution in [0.15, 0.2) is 30.5 Å². The van der Waals surface area contributed by atoms with Gasteiger partial charge in [0.15, 0.2) is 0 Å². The summed E-state index contributed by atoms with van der Waals surface area (Å²) in [6.45, 7) is 2.74. The van der Waals surface area contributed by atoms with Gasteiger partial charge in [-0.15, -0.1) is 0 Å². The second-order valence-electron chi connectivity index (χ2n) is 4.97. The fraction of sp³-hybridized carbons (Fsp3) is 0.400. The van der Waals surface area contributed by atoms with E-state index in [1.54, 1.807) is 0 Å². The normalized spacial score (nSPS) is 22.2. The molecule has 1 saturated carbocycles. The Hall–Kier alpha value is -1.81. The molecule has 0 spiro atoms. The highest BCUT2D eigenvalue weighted by Gasteiger charge is 2.31. The summed E-state index contributed by atoms with van der Waals surface area (Å²) in [5.74, 6) is -0.00648. The van der Waals surface area contributed by atoms with Crippen molar-refractivity contribution >= 4 is 16.8 Å². The lowest BCUT2D eigenvalue weighted by Crippen LogP contribution is -2.47. The number of hydrogen-bond acceptors (Lipinski definition) is 2. The van der Waals surface area contributed by atoms with Crippen molar-refractivity contribution in [2.24, 2.45) is 0 Å². The first-order valence-corrected chi connectivity index (χ1v) is 6.76. The molecule has 19 heavy (non-hydrogen) atoms. The molecule has 1 fully saturated rings. The molecule has 0 unspecified atom stereocenters. The average Bonchev–Trinajstić information content (AvgIpc) is 2.84. The van der Waals surface area contributed by atoms with Crippen molar-refractivity contribution in [1.29, 1.82) is 0 Å². The van der Waals surface area contributed by atoms with Gasteiger partial charge < -0.3 is 15.0 Å². The third-order valence-corrected chi connectivity index (χ3v) is 3.66. The summed E-state index contributed by atoms with van der Waals surface area (Å²) in [5, 5.41) is 4.13. The first-order valence-electron chi connectivity index (χ1n) is 6.76. The number of hydrogen-bond donors (Lipinski definition) is 2. The van der Waals surface area contributed by atoms with Gasteiger partial charge in [-0.2, -0.15) is 0 Å². The monoisotopic (exact) mass is 258 g/mol. The van der Waals surface area contributed by atoms with E-state index in [2.05, 4.69) is 10.3 Å². The van der Waals surface area contributed by atoms with Crippen LogP contribution in [0.1, 0.15) is 30.1 Å². The van der Waals surface area contributed by atoms with Gasteiger partial charge in [-0.1, -0.05) is 12.1 Å². The van der Waals surface area contributed by atoms with Crippen LogP contribution < -0.4 is 5.32 Å². The third-order valence-electron chi connectivity index (χ3n) is 3.66. The molecule has 0 bridgehead atoms. The number of amides is 1. The first-order chi connectivity index (χ1) is 9.28. The fourth-order valence-corrected chi connectivity index (χ4v) is 2.59. The van der Waals surface area contributed by atoms with E-state index < -0.39 is 0 Å². The number of aromatic nitrogens is 1. The van der Waals surface area contributed by atoms with Gasteiger partial charge in [0.1, 0.15) is 0 Å². The highest BCUT2D eigenvalue weighted by molar-refractivity contribution is 6.05. The minimum absolute atomic E-state index is 0.00648. The van der Waals surface area contributed by atoms with Crippen molar-refractivity contribution < 1.29 is 9.53 Å². The molecular weight excluding hydrogens is 240 g/mol. The Bertz CT molecular complexity index is 585. The van der Waals surface area contributed by atoms with E-state index in [1.807, 2.05) is 37.4 Å². The van der Waals surface area contributed by atoms with Crippen molar-refractivity contribution in [1.82, 2.24) is 10.3 Å². The first kappa shape index (κ1) is 12.2. The molecule has 0 atom stereocenters. The van der Waals surface area contributed by atoms with Gasteiger partial charge in [0.2, 0.25) is 0 Å². The highest BCUT2D eigenvalue weighted by Crippen LogP contribution is 2.24. The van der Waals surface area contributed by atoms with Crippen LogP contribution in [-0.4, -0.2) is 29.6 Å². The lowest BCUT2D eigenvalue weighted by atomic mass is 9.89. The molecule has 1 heterocycles. The summed E-state index contributed by atoms with van der Waals surface area (Å²) in [7, 11) is 0. The lowest BCUT2D eigenvalue weighted by molar-refractivity contribution is -0.00861. The number of para-hydroxylation sites is 1. The van der Waals surface area contributed by atoms with Gasteiger partial charge in [-0.05, 0) is 31.9 Å². The Morgan fingerprint density at radius 1 is 1.42 bits per heavy atom. The van der Waals surface area contributed by atoms with Crippen LogP contribution in [0.5, 0.6) is 0 Å². The number of nitrogens with one attached hydrogen (secondary N) is 2. The molecule has 4 nitrogen and oxygen atoms in total. The molecule has 1 aromatic heterocycles. The number of carbonyl (C=O) groups excluding carboxylic acids is 1. The number of H-pyrrole nitrogens is 1. The third kappa shape index (κ3) is 2.36. The summed E-state index contributed by atoms with van der Waals surface area (Å²) < 4.78 is 5.50.